The van der Waals surface area contributed by atoms with Crippen LogP contribution in [0.3, 0.4) is 0 Å². The highest BCUT2D eigenvalue weighted by Gasteiger charge is 2.39. The van der Waals surface area contributed by atoms with Crippen molar-refractivity contribution in [1.29, 1.82) is 0 Å². The van der Waals surface area contributed by atoms with Crippen molar-refractivity contribution in [3.05, 3.63) is 60.0 Å². The van der Waals surface area contributed by atoms with Crippen LogP contribution in [0.5, 0.6) is 5.88 Å². The fourth-order valence-corrected chi connectivity index (χ4v) is 2.78. The lowest BCUT2D eigenvalue weighted by atomic mass is 10.1. The van der Waals surface area contributed by atoms with Gasteiger partial charge in [0.2, 0.25) is 5.88 Å². The number of carbonyl (C=O) groups is 1. The smallest absolute Gasteiger partial charge is 0.421 e. The third kappa shape index (κ3) is 2.98. The molecule has 2 aromatic heterocycles. The number of nitrogens with zero attached hydrogens (tertiary/aromatic N) is 2. The zero-order chi connectivity index (χ0) is 18.3. The molecule has 0 aliphatic carbocycles. The van der Waals surface area contributed by atoms with Gasteiger partial charge >= 0.3 is 6.18 Å². The molecule has 1 aromatic carbocycles. The Kier molecular flexibility index (Phi) is 3.82. The first-order valence-corrected chi connectivity index (χ1v) is 7.88. The molecule has 1 saturated heterocycles. The standard InChI is InChI=1S/C18H13F3N2O3/c19-18(20,21)13-5-3-7-22-16(13)25-12-9-23(10-12)17(24)15-8-11-4-1-2-6-14(11)26-15/h1-8,12H,9-10H2. The quantitative estimate of drug-likeness (QED) is 0.712. The van der Waals surface area contributed by atoms with Crippen molar-refractivity contribution in [3.8, 4) is 5.88 Å². The Balaban J connectivity index is 1.42. The summed E-state index contributed by atoms with van der Waals surface area (Å²) in [7, 11) is 0. The Morgan fingerprint density at radius 2 is 1.96 bits per heavy atom. The highest BCUT2D eigenvalue weighted by molar-refractivity contribution is 5.96. The second-order valence-electron chi connectivity index (χ2n) is 5.95. The molecule has 0 bridgehead atoms. The summed E-state index contributed by atoms with van der Waals surface area (Å²) in [6.45, 7) is 0.341. The van der Waals surface area contributed by atoms with E-state index in [0.29, 0.717) is 5.58 Å². The Labute approximate surface area is 146 Å². The molecule has 0 unspecified atom stereocenters. The molecule has 1 amide bonds. The number of fused-ring (bicyclic) bond motifs is 1. The number of furan rings is 1. The molecule has 0 atom stereocenters. The maximum absolute atomic E-state index is 13.0. The van der Waals surface area contributed by atoms with E-state index in [1.807, 2.05) is 12.1 Å². The van der Waals surface area contributed by atoms with Crippen molar-refractivity contribution in [3.63, 3.8) is 0 Å². The zero-order valence-electron chi connectivity index (χ0n) is 13.4. The molecule has 0 radical (unpaired) electrons. The number of carbonyl (C=O) groups excluding carboxylic acids is 1. The van der Waals surface area contributed by atoms with Crippen LogP contribution in [0.15, 0.2) is 53.1 Å². The van der Waals surface area contributed by atoms with Gasteiger partial charge in [0.25, 0.3) is 5.91 Å². The van der Waals surface area contributed by atoms with E-state index < -0.39 is 23.7 Å². The summed E-state index contributed by atoms with van der Waals surface area (Å²) in [5, 5.41) is 0.812. The summed E-state index contributed by atoms with van der Waals surface area (Å²) in [6, 6.07) is 11.0. The number of aromatic nitrogens is 1. The predicted molar refractivity (Wildman–Crippen MR) is 85.8 cm³/mol. The zero-order valence-corrected chi connectivity index (χ0v) is 13.4. The van der Waals surface area contributed by atoms with Gasteiger partial charge < -0.3 is 14.1 Å². The lowest BCUT2D eigenvalue weighted by Crippen LogP contribution is -2.56. The van der Waals surface area contributed by atoms with Crippen LogP contribution in [-0.4, -0.2) is 35.0 Å². The first-order valence-electron chi connectivity index (χ1n) is 7.88. The molecule has 1 aliphatic heterocycles. The van der Waals surface area contributed by atoms with Gasteiger partial charge in [-0.15, -0.1) is 0 Å². The van der Waals surface area contributed by atoms with Gasteiger partial charge in [-0.05, 0) is 24.3 Å². The fourth-order valence-electron chi connectivity index (χ4n) is 2.78. The molecule has 4 rings (SSSR count). The molecule has 0 spiro atoms. The number of hydrogen-bond acceptors (Lipinski definition) is 4. The molecular formula is C18H13F3N2O3. The number of amides is 1. The van der Waals surface area contributed by atoms with E-state index in [9.17, 15) is 18.0 Å². The highest BCUT2D eigenvalue weighted by Crippen LogP contribution is 2.35. The molecule has 1 aliphatic rings. The van der Waals surface area contributed by atoms with Crippen LogP contribution in [-0.2, 0) is 6.18 Å². The molecule has 3 aromatic rings. The number of ether oxygens (including phenoxy) is 1. The minimum absolute atomic E-state index is 0.170. The van der Waals surface area contributed by atoms with Crippen LogP contribution in [0.25, 0.3) is 11.0 Å². The first kappa shape index (κ1) is 16.4. The van der Waals surface area contributed by atoms with Crippen molar-refractivity contribution < 1.29 is 27.1 Å². The van der Waals surface area contributed by atoms with Gasteiger partial charge in [-0.1, -0.05) is 18.2 Å². The summed E-state index contributed by atoms with van der Waals surface area (Å²) in [5.41, 5.74) is -0.325. The lowest BCUT2D eigenvalue weighted by molar-refractivity contribution is -0.140. The van der Waals surface area contributed by atoms with Gasteiger partial charge in [-0.25, -0.2) is 4.98 Å². The largest absolute Gasteiger partial charge is 0.470 e. The minimum Gasteiger partial charge on any atom is -0.470 e. The van der Waals surface area contributed by atoms with Gasteiger partial charge in [0.15, 0.2) is 5.76 Å². The Hall–Kier alpha value is -3.03. The van der Waals surface area contributed by atoms with Crippen LogP contribution in [0.4, 0.5) is 13.2 Å². The van der Waals surface area contributed by atoms with E-state index in [-0.39, 0.29) is 24.8 Å². The van der Waals surface area contributed by atoms with Gasteiger partial charge in [-0.2, -0.15) is 13.2 Å². The van der Waals surface area contributed by atoms with Crippen LogP contribution >= 0.6 is 0 Å². The highest BCUT2D eigenvalue weighted by atomic mass is 19.4. The average molecular weight is 362 g/mol. The van der Waals surface area contributed by atoms with Crippen molar-refractivity contribution in [1.82, 2.24) is 9.88 Å². The van der Waals surface area contributed by atoms with E-state index in [4.69, 9.17) is 9.15 Å². The molecule has 0 N–H and O–H groups in total. The van der Waals surface area contributed by atoms with Crippen LogP contribution in [0.1, 0.15) is 16.1 Å². The minimum atomic E-state index is -4.54. The number of alkyl halides is 3. The lowest BCUT2D eigenvalue weighted by Gasteiger charge is -2.38. The van der Waals surface area contributed by atoms with Crippen molar-refractivity contribution >= 4 is 16.9 Å². The molecule has 0 saturated carbocycles. The van der Waals surface area contributed by atoms with Gasteiger partial charge in [0, 0.05) is 11.6 Å². The van der Waals surface area contributed by atoms with Crippen LogP contribution in [0.2, 0.25) is 0 Å². The molecule has 8 heteroatoms. The maximum Gasteiger partial charge on any atom is 0.421 e. The van der Waals surface area contributed by atoms with Crippen LogP contribution in [0, 0.1) is 0 Å². The normalized spacial score (nSPS) is 15.1. The summed E-state index contributed by atoms with van der Waals surface area (Å²) < 4.78 is 49.7. The molecule has 26 heavy (non-hydrogen) atoms. The van der Waals surface area contributed by atoms with Crippen molar-refractivity contribution in [2.24, 2.45) is 0 Å². The average Bonchev–Trinajstić information content (AvgIpc) is 3.01. The van der Waals surface area contributed by atoms with Gasteiger partial charge in [0.05, 0.1) is 13.1 Å². The number of halogens is 3. The van der Waals surface area contributed by atoms with Crippen molar-refractivity contribution in [2.75, 3.05) is 13.1 Å². The molecule has 5 nitrogen and oxygen atoms in total. The number of rotatable bonds is 3. The third-order valence-electron chi connectivity index (χ3n) is 4.13. The molecule has 1 fully saturated rings. The topological polar surface area (TPSA) is 55.6 Å². The Bertz CT molecular complexity index is 928. The fraction of sp³-hybridized carbons (Fsp3) is 0.222. The second-order valence-corrected chi connectivity index (χ2v) is 5.95. The van der Waals surface area contributed by atoms with Crippen LogP contribution < -0.4 is 4.74 Å². The van der Waals surface area contributed by atoms with Gasteiger partial charge in [-0.3, -0.25) is 4.79 Å². The van der Waals surface area contributed by atoms with E-state index in [1.54, 1.807) is 18.2 Å². The summed E-state index contributed by atoms with van der Waals surface area (Å²) in [4.78, 5) is 17.5. The predicted octanol–water partition coefficient (Wildman–Crippen LogP) is 3.75. The summed E-state index contributed by atoms with van der Waals surface area (Å²) >= 11 is 0. The number of hydrogen-bond donors (Lipinski definition) is 0. The third-order valence-corrected chi connectivity index (χ3v) is 4.13. The Morgan fingerprint density at radius 1 is 1.19 bits per heavy atom. The molecular weight excluding hydrogens is 349 g/mol. The Morgan fingerprint density at radius 3 is 2.69 bits per heavy atom. The summed E-state index contributed by atoms with van der Waals surface area (Å²) in [6.07, 6.45) is -3.85. The molecule has 3 heterocycles. The van der Waals surface area contributed by atoms with E-state index in [1.165, 1.54) is 17.2 Å². The van der Waals surface area contributed by atoms with Gasteiger partial charge in [0.1, 0.15) is 17.3 Å². The number of likely N-dealkylation sites (tertiary alicyclic amines) is 1. The number of benzene rings is 1. The van der Waals surface area contributed by atoms with E-state index >= 15 is 0 Å². The first-order chi connectivity index (χ1) is 12.4. The maximum atomic E-state index is 13.0. The SMILES string of the molecule is O=C(c1cc2ccccc2o1)N1CC(Oc2ncccc2C(F)(F)F)C1. The monoisotopic (exact) mass is 362 g/mol. The number of para-hydroxylation sites is 1. The number of pyridine rings is 1. The van der Waals surface area contributed by atoms with E-state index in [2.05, 4.69) is 4.98 Å². The summed E-state index contributed by atoms with van der Waals surface area (Å²) in [5.74, 6) is -0.600. The second kappa shape index (κ2) is 6.05. The van der Waals surface area contributed by atoms with E-state index in [0.717, 1.165) is 11.5 Å². The van der Waals surface area contributed by atoms with Crippen molar-refractivity contribution in [2.45, 2.75) is 12.3 Å². The molecule has 134 valence electrons.